The minimum atomic E-state index is 0.332. The Balaban J connectivity index is 1.97. The number of benzene rings is 1. The molecule has 1 aliphatic rings. The Morgan fingerprint density at radius 1 is 1.25 bits per heavy atom. The molecule has 1 heterocycles. The van der Waals surface area contributed by atoms with Crippen molar-refractivity contribution < 1.29 is 0 Å². The summed E-state index contributed by atoms with van der Waals surface area (Å²) in [6.07, 6.45) is 1.26. The second-order valence-electron chi connectivity index (χ2n) is 7.30. The quantitative estimate of drug-likeness (QED) is 0.907. The fourth-order valence-corrected chi connectivity index (χ4v) is 3.01. The summed E-state index contributed by atoms with van der Waals surface area (Å²) in [6.45, 7) is 14.1. The van der Waals surface area contributed by atoms with E-state index in [1.807, 2.05) is 0 Å². The van der Waals surface area contributed by atoms with E-state index in [0.717, 1.165) is 13.1 Å². The average molecular weight is 274 g/mol. The maximum atomic E-state index is 3.72. The van der Waals surface area contributed by atoms with Crippen molar-refractivity contribution >= 4 is 0 Å². The molecule has 112 valence electrons. The normalized spacial score (nSPS) is 23.3. The molecule has 1 aliphatic heterocycles. The van der Waals surface area contributed by atoms with Gasteiger partial charge in [-0.2, -0.15) is 0 Å². The monoisotopic (exact) mass is 274 g/mol. The van der Waals surface area contributed by atoms with Gasteiger partial charge in [0.2, 0.25) is 0 Å². The van der Waals surface area contributed by atoms with Crippen molar-refractivity contribution in [2.75, 3.05) is 26.2 Å². The smallest absolute Gasteiger partial charge is 0.0243 e. The van der Waals surface area contributed by atoms with Crippen LogP contribution < -0.4 is 5.32 Å². The molecule has 0 spiro atoms. The molecule has 0 aliphatic carbocycles. The van der Waals surface area contributed by atoms with Gasteiger partial charge in [0, 0.05) is 19.1 Å². The third-order valence-corrected chi connectivity index (χ3v) is 4.43. The van der Waals surface area contributed by atoms with Gasteiger partial charge in [-0.05, 0) is 36.4 Å². The maximum absolute atomic E-state index is 3.72. The number of hydrogen-bond acceptors (Lipinski definition) is 2. The van der Waals surface area contributed by atoms with Crippen molar-refractivity contribution in [2.45, 2.75) is 46.1 Å². The summed E-state index contributed by atoms with van der Waals surface area (Å²) < 4.78 is 0. The van der Waals surface area contributed by atoms with Crippen molar-refractivity contribution in [3.05, 3.63) is 35.9 Å². The molecule has 1 N–H and O–H groups in total. The zero-order valence-electron chi connectivity index (χ0n) is 13.5. The zero-order chi connectivity index (χ0) is 14.6. The molecular formula is C18H30N2. The highest BCUT2D eigenvalue weighted by molar-refractivity contribution is 5.19. The van der Waals surface area contributed by atoms with Crippen LogP contribution in [0.25, 0.3) is 0 Å². The van der Waals surface area contributed by atoms with E-state index in [1.54, 1.807) is 0 Å². The minimum Gasteiger partial charge on any atom is -0.312 e. The van der Waals surface area contributed by atoms with Gasteiger partial charge in [-0.3, -0.25) is 0 Å². The first kappa shape index (κ1) is 15.5. The topological polar surface area (TPSA) is 15.3 Å². The molecule has 2 heteroatoms. The van der Waals surface area contributed by atoms with E-state index in [9.17, 15) is 0 Å². The second kappa shape index (κ2) is 6.73. The van der Waals surface area contributed by atoms with E-state index in [4.69, 9.17) is 0 Å². The van der Waals surface area contributed by atoms with E-state index in [2.05, 4.69) is 68.2 Å². The molecule has 1 aromatic rings. The van der Waals surface area contributed by atoms with Crippen LogP contribution in [0.4, 0.5) is 0 Å². The van der Waals surface area contributed by atoms with E-state index < -0.39 is 0 Å². The van der Waals surface area contributed by atoms with Gasteiger partial charge >= 0.3 is 0 Å². The first-order valence-electron chi connectivity index (χ1n) is 7.97. The lowest BCUT2D eigenvalue weighted by molar-refractivity contribution is 0.191. The van der Waals surface area contributed by atoms with Crippen molar-refractivity contribution in [2.24, 2.45) is 5.41 Å². The maximum Gasteiger partial charge on any atom is 0.0243 e. The van der Waals surface area contributed by atoms with Crippen LogP contribution in [0.2, 0.25) is 0 Å². The Hall–Kier alpha value is -0.860. The number of nitrogens with zero attached hydrogens (tertiary/aromatic N) is 1. The average Bonchev–Trinajstić information content (AvgIpc) is 2.65. The lowest BCUT2D eigenvalue weighted by Gasteiger charge is -2.34. The van der Waals surface area contributed by atoms with Crippen LogP contribution in [0.5, 0.6) is 0 Å². The predicted molar refractivity (Wildman–Crippen MR) is 87.2 cm³/mol. The molecule has 1 saturated heterocycles. The van der Waals surface area contributed by atoms with Gasteiger partial charge in [0.05, 0.1) is 0 Å². The van der Waals surface area contributed by atoms with Gasteiger partial charge in [0.1, 0.15) is 0 Å². The van der Waals surface area contributed by atoms with Crippen LogP contribution in [0.1, 0.15) is 45.6 Å². The molecule has 2 unspecified atom stereocenters. The number of hydrogen-bond donors (Lipinski definition) is 1. The Kier molecular flexibility index (Phi) is 5.22. The van der Waals surface area contributed by atoms with Crippen LogP contribution in [-0.4, -0.2) is 37.1 Å². The highest BCUT2D eigenvalue weighted by Gasteiger charge is 2.28. The van der Waals surface area contributed by atoms with Crippen LogP contribution in [0.3, 0.4) is 0 Å². The van der Waals surface area contributed by atoms with Gasteiger partial charge in [0.15, 0.2) is 0 Å². The highest BCUT2D eigenvalue weighted by atomic mass is 15.2. The van der Waals surface area contributed by atoms with Gasteiger partial charge in [-0.25, -0.2) is 0 Å². The van der Waals surface area contributed by atoms with E-state index >= 15 is 0 Å². The summed E-state index contributed by atoms with van der Waals surface area (Å²) >= 11 is 0. The number of rotatable bonds is 3. The standard InChI is InChI=1S/C18H30N2/c1-15(16-9-6-5-7-10-16)13-20-12-8-11-19-17(14-20)18(2,3)4/h5-7,9-10,15,17,19H,8,11-14H2,1-4H3. The lowest BCUT2D eigenvalue weighted by atomic mass is 9.86. The van der Waals surface area contributed by atoms with Gasteiger partial charge in [-0.1, -0.05) is 58.0 Å². The predicted octanol–water partition coefficient (Wildman–Crippen LogP) is 3.50. The molecule has 20 heavy (non-hydrogen) atoms. The molecule has 0 saturated carbocycles. The Bertz CT molecular complexity index is 394. The Morgan fingerprint density at radius 3 is 2.60 bits per heavy atom. The van der Waals surface area contributed by atoms with Crippen LogP contribution in [-0.2, 0) is 0 Å². The molecule has 1 aromatic carbocycles. The van der Waals surface area contributed by atoms with Crippen molar-refractivity contribution in [1.82, 2.24) is 10.2 Å². The lowest BCUT2D eigenvalue weighted by Crippen LogP contribution is -2.46. The van der Waals surface area contributed by atoms with Gasteiger partial charge < -0.3 is 10.2 Å². The van der Waals surface area contributed by atoms with Gasteiger partial charge in [0.25, 0.3) is 0 Å². The van der Waals surface area contributed by atoms with Crippen LogP contribution in [0.15, 0.2) is 30.3 Å². The number of nitrogens with one attached hydrogen (secondary N) is 1. The Labute approximate surface area is 124 Å². The second-order valence-corrected chi connectivity index (χ2v) is 7.30. The van der Waals surface area contributed by atoms with E-state index in [1.165, 1.54) is 25.1 Å². The molecule has 0 bridgehead atoms. The van der Waals surface area contributed by atoms with Crippen molar-refractivity contribution in [3.63, 3.8) is 0 Å². The first-order valence-corrected chi connectivity index (χ1v) is 7.97. The summed E-state index contributed by atoms with van der Waals surface area (Å²) in [6, 6.07) is 11.5. The largest absolute Gasteiger partial charge is 0.312 e. The summed E-state index contributed by atoms with van der Waals surface area (Å²) in [5, 5.41) is 3.72. The van der Waals surface area contributed by atoms with Gasteiger partial charge in [-0.15, -0.1) is 0 Å². The summed E-state index contributed by atoms with van der Waals surface area (Å²) in [5.74, 6) is 0.606. The fraction of sp³-hybridized carbons (Fsp3) is 0.667. The molecular weight excluding hydrogens is 244 g/mol. The molecule has 2 rings (SSSR count). The van der Waals surface area contributed by atoms with Crippen LogP contribution in [0, 0.1) is 5.41 Å². The van der Waals surface area contributed by atoms with E-state index in [-0.39, 0.29) is 0 Å². The SMILES string of the molecule is CC(CN1CCCNC(C(C)(C)C)C1)c1ccccc1. The molecule has 0 aromatic heterocycles. The first-order chi connectivity index (χ1) is 9.47. The molecule has 0 radical (unpaired) electrons. The third kappa shape index (κ3) is 4.32. The molecule has 1 fully saturated rings. The molecule has 2 nitrogen and oxygen atoms in total. The summed E-state index contributed by atoms with van der Waals surface area (Å²) in [5.41, 5.74) is 1.79. The molecule has 2 atom stereocenters. The molecule has 0 amide bonds. The highest BCUT2D eigenvalue weighted by Crippen LogP contribution is 2.23. The third-order valence-electron chi connectivity index (χ3n) is 4.43. The zero-order valence-corrected chi connectivity index (χ0v) is 13.5. The van der Waals surface area contributed by atoms with Crippen molar-refractivity contribution in [1.29, 1.82) is 0 Å². The van der Waals surface area contributed by atoms with Crippen molar-refractivity contribution in [3.8, 4) is 0 Å². The summed E-state index contributed by atoms with van der Waals surface area (Å²) in [7, 11) is 0. The van der Waals surface area contributed by atoms with Crippen LogP contribution >= 0.6 is 0 Å². The Morgan fingerprint density at radius 2 is 1.95 bits per heavy atom. The summed E-state index contributed by atoms with van der Waals surface area (Å²) in [4.78, 5) is 2.65. The fourth-order valence-electron chi connectivity index (χ4n) is 3.01. The minimum absolute atomic E-state index is 0.332. The van der Waals surface area contributed by atoms with E-state index in [0.29, 0.717) is 17.4 Å².